The lowest BCUT2D eigenvalue weighted by Crippen LogP contribution is -2.25. The Bertz CT molecular complexity index is 1580. The Hall–Kier alpha value is -3.66. The highest BCUT2D eigenvalue weighted by Gasteiger charge is 2.38. The number of rotatable bonds is 8. The fourth-order valence-corrected chi connectivity index (χ4v) is 5.58. The van der Waals surface area contributed by atoms with E-state index in [0.717, 1.165) is 17.6 Å². The van der Waals surface area contributed by atoms with Crippen molar-refractivity contribution in [3.05, 3.63) is 70.8 Å². The minimum Gasteiger partial charge on any atom is -0.507 e. The van der Waals surface area contributed by atoms with E-state index in [4.69, 9.17) is 25.8 Å². The number of hydrogen-bond donors (Lipinski definition) is 0. The largest absolute Gasteiger partial charge is 0.507 e. The lowest BCUT2D eigenvalue weighted by atomic mass is 10.0. The molecule has 1 unspecified atom stereocenters. The van der Waals surface area contributed by atoms with Crippen LogP contribution in [0.25, 0.3) is 27.3 Å². The van der Waals surface area contributed by atoms with Crippen molar-refractivity contribution in [1.29, 1.82) is 0 Å². The topological polar surface area (TPSA) is 67.7 Å². The molecule has 2 aromatic heterocycles. The molecule has 12 heteroatoms. The van der Waals surface area contributed by atoms with E-state index in [0.29, 0.717) is 47.3 Å². The average Bonchev–Trinajstić information content (AvgIpc) is 3.51. The van der Waals surface area contributed by atoms with E-state index in [1.165, 1.54) is 19.2 Å². The maximum atomic E-state index is 13.8. The molecule has 8 nitrogen and oxygen atoms in total. The standard InChI is InChI=1S/C28H30F3N5O3Si/c1-32-21-10-11-22-19(24(21)37-2)16-23(35(22)17-38-14-15-40(3,4)5)26-33-27-25(39-13-12-36(27)34-26)18-8-6-7-9-20(18)28(29,30)31/h6-11,16,25H,12-15,17H2,2-5H3. The molecule has 0 amide bonds. The average molecular weight is 570 g/mol. The zero-order chi connectivity index (χ0) is 28.7. The lowest BCUT2D eigenvalue weighted by molar-refractivity contribution is -0.139. The van der Waals surface area contributed by atoms with Gasteiger partial charge < -0.3 is 18.8 Å². The van der Waals surface area contributed by atoms with Crippen LogP contribution in [0.2, 0.25) is 25.7 Å². The van der Waals surface area contributed by atoms with E-state index < -0.39 is 25.9 Å². The van der Waals surface area contributed by atoms with Crippen molar-refractivity contribution in [2.45, 2.75) is 51.2 Å². The monoisotopic (exact) mass is 569 g/mol. The second-order valence-electron chi connectivity index (χ2n) is 10.8. The smallest absolute Gasteiger partial charge is 0.416 e. The summed E-state index contributed by atoms with van der Waals surface area (Å²) in [6, 6.07) is 11.7. The highest BCUT2D eigenvalue weighted by molar-refractivity contribution is 6.76. The first kappa shape index (κ1) is 27.9. The second kappa shape index (κ2) is 10.7. The first-order chi connectivity index (χ1) is 19.0. The Kier molecular flexibility index (Phi) is 7.47. The Morgan fingerprint density at radius 1 is 1.18 bits per heavy atom. The van der Waals surface area contributed by atoms with Crippen LogP contribution in [0.3, 0.4) is 0 Å². The number of methoxy groups -OCH3 is 1. The Labute approximate surface area is 231 Å². The van der Waals surface area contributed by atoms with Crippen LogP contribution in [-0.2, 0) is 28.9 Å². The lowest BCUT2D eigenvalue weighted by Gasteiger charge is -2.25. The van der Waals surface area contributed by atoms with Crippen LogP contribution in [0, 0.1) is 6.57 Å². The summed E-state index contributed by atoms with van der Waals surface area (Å²) in [4.78, 5) is 8.29. The van der Waals surface area contributed by atoms with Gasteiger partial charge in [0.15, 0.2) is 11.6 Å². The minimum absolute atomic E-state index is 0.00603. The molecule has 0 bridgehead atoms. The van der Waals surface area contributed by atoms with E-state index >= 15 is 0 Å². The van der Waals surface area contributed by atoms with Crippen molar-refractivity contribution >= 4 is 24.7 Å². The molecule has 5 rings (SSSR count). The van der Waals surface area contributed by atoms with Gasteiger partial charge in [-0.1, -0.05) is 43.9 Å². The predicted octanol–water partition coefficient (Wildman–Crippen LogP) is 6.91. The number of fused-ring (bicyclic) bond motifs is 2. The van der Waals surface area contributed by atoms with Crippen molar-refractivity contribution in [2.75, 3.05) is 20.3 Å². The van der Waals surface area contributed by atoms with Gasteiger partial charge in [0, 0.05) is 25.6 Å². The molecule has 1 aliphatic heterocycles. The minimum atomic E-state index is -4.54. The molecule has 210 valence electrons. The van der Waals surface area contributed by atoms with E-state index in [-0.39, 0.29) is 18.9 Å². The van der Waals surface area contributed by atoms with Crippen LogP contribution in [-0.4, -0.2) is 47.7 Å². The van der Waals surface area contributed by atoms with Gasteiger partial charge >= 0.3 is 6.18 Å². The number of alkyl halides is 3. The maximum Gasteiger partial charge on any atom is 0.416 e. The van der Waals surface area contributed by atoms with Gasteiger partial charge in [-0.15, -0.1) is 5.10 Å². The number of halogens is 3. The van der Waals surface area contributed by atoms with Gasteiger partial charge in [0.05, 0.1) is 43.6 Å². The molecule has 0 aliphatic carbocycles. The summed E-state index contributed by atoms with van der Waals surface area (Å²) in [5, 5.41) is 5.38. The molecule has 0 fully saturated rings. The third-order valence-corrected chi connectivity index (χ3v) is 8.56. The van der Waals surface area contributed by atoms with Crippen molar-refractivity contribution in [3.8, 4) is 17.3 Å². The van der Waals surface area contributed by atoms with Crippen molar-refractivity contribution in [1.82, 2.24) is 19.3 Å². The Morgan fingerprint density at radius 3 is 2.65 bits per heavy atom. The van der Waals surface area contributed by atoms with Crippen LogP contribution >= 0.6 is 0 Å². The van der Waals surface area contributed by atoms with Gasteiger partial charge in [0.1, 0.15) is 18.6 Å². The first-order valence-electron chi connectivity index (χ1n) is 12.9. The summed E-state index contributed by atoms with van der Waals surface area (Å²) in [6.45, 7) is 15.7. The number of ether oxygens (including phenoxy) is 3. The van der Waals surface area contributed by atoms with Gasteiger partial charge in [-0.2, -0.15) is 13.2 Å². The summed E-state index contributed by atoms with van der Waals surface area (Å²) in [7, 11) is 0.200. The van der Waals surface area contributed by atoms with E-state index in [1.54, 1.807) is 16.8 Å². The fourth-order valence-electron chi connectivity index (χ4n) is 4.82. The summed E-state index contributed by atoms with van der Waals surface area (Å²) >= 11 is 0. The van der Waals surface area contributed by atoms with Gasteiger partial charge in [0.25, 0.3) is 0 Å². The van der Waals surface area contributed by atoms with E-state index in [9.17, 15) is 13.2 Å². The molecule has 0 saturated carbocycles. The molecule has 3 heterocycles. The summed E-state index contributed by atoms with van der Waals surface area (Å²) in [5.74, 6) is 1.05. The zero-order valence-corrected chi connectivity index (χ0v) is 23.7. The molecule has 0 saturated heterocycles. The van der Waals surface area contributed by atoms with Crippen LogP contribution < -0.4 is 4.74 Å². The number of aromatic nitrogens is 4. The van der Waals surface area contributed by atoms with E-state index in [2.05, 4.69) is 29.6 Å². The molecular weight excluding hydrogens is 539 g/mol. The molecule has 4 aromatic rings. The number of hydrogen-bond acceptors (Lipinski definition) is 5. The molecule has 40 heavy (non-hydrogen) atoms. The molecule has 2 aromatic carbocycles. The molecular formula is C28H30F3N5O3Si. The van der Waals surface area contributed by atoms with Crippen molar-refractivity contribution < 1.29 is 27.4 Å². The summed E-state index contributed by atoms with van der Waals surface area (Å²) < 4.78 is 62.5. The number of benzene rings is 2. The molecule has 0 spiro atoms. The van der Waals surface area contributed by atoms with Crippen LogP contribution in [0.5, 0.6) is 5.75 Å². The fraction of sp³-hybridized carbons (Fsp3) is 0.393. The van der Waals surface area contributed by atoms with Crippen molar-refractivity contribution in [3.63, 3.8) is 0 Å². The highest BCUT2D eigenvalue weighted by Crippen LogP contribution is 2.41. The predicted molar refractivity (Wildman–Crippen MR) is 147 cm³/mol. The normalized spacial score (nSPS) is 15.7. The first-order valence-corrected chi connectivity index (χ1v) is 16.6. The molecule has 0 radical (unpaired) electrons. The molecule has 1 aliphatic rings. The summed E-state index contributed by atoms with van der Waals surface area (Å²) in [6.07, 6.45) is -5.57. The van der Waals surface area contributed by atoms with Gasteiger partial charge in [-0.05, 0) is 24.2 Å². The van der Waals surface area contributed by atoms with Gasteiger partial charge in [0.2, 0.25) is 5.69 Å². The summed E-state index contributed by atoms with van der Waals surface area (Å²) in [5.41, 5.74) is 0.976. The zero-order valence-electron chi connectivity index (χ0n) is 22.7. The second-order valence-corrected chi connectivity index (χ2v) is 16.4. The SMILES string of the molecule is [C-]#[N+]c1ccc2c(cc(-c3nc4n(n3)CCOC4c3ccccc3C(F)(F)F)n2COCC[Si](C)(C)C)c1OC. The number of nitrogens with zero attached hydrogens (tertiary/aromatic N) is 5. The Balaban J connectivity index is 1.60. The van der Waals surface area contributed by atoms with Gasteiger partial charge in [-0.3, -0.25) is 0 Å². The van der Waals surface area contributed by atoms with Crippen LogP contribution in [0.15, 0.2) is 42.5 Å². The van der Waals surface area contributed by atoms with Crippen molar-refractivity contribution in [2.24, 2.45) is 0 Å². The van der Waals surface area contributed by atoms with Gasteiger partial charge in [-0.25, -0.2) is 14.5 Å². The molecule has 1 atom stereocenters. The third kappa shape index (κ3) is 5.37. The molecule has 0 N–H and O–H groups in total. The van der Waals surface area contributed by atoms with Crippen LogP contribution in [0.4, 0.5) is 18.9 Å². The van der Waals surface area contributed by atoms with Crippen LogP contribution in [0.1, 0.15) is 23.1 Å². The van der Waals surface area contributed by atoms with E-state index in [1.807, 2.05) is 16.7 Å². The third-order valence-electron chi connectivity index (χ3n) is 6.86. The highest BCUT2D eigenvalue weighted by atomic mass is 28.3. The quantitative estimate of drug-likeness (QED) is 0.131. The Morgan fingerprint density at radius 2 is 1.95 bits per heavy atom. The maximum absolute atomic E-state index is 13.8.